The molecule has 0 saturated carbocycles. The van der Waals surface area contributed by atoms with Crippen molar-refractivity contribution in [2.45, 2.75) is 31.2 Å². The summed E-state index contributed by atoms with van der Waals surface area (Å²) in [5.41, 5.74) is 0.871. The van der Waals surface area contributed by atoms with E-state index in [9.17, 15) is 13.2 Å². The summed E-state index contributed by atoms with van der Waals surface area (Å²) >= 11 is 6.43. The number of benzene rings is 1. The van der Waals surface area contributed by atoms with Gasteiger partial charge in [-0.05, 0) is 47.0 Å². The van der Waals surface area contributed by atoms with Crippen LogP contribution in [0.5, 0.6) is 0 Å². The Morgan fingerprint density at radius 3 is 2.42 bits per heavy atom. The van der Waals surface area contributed by atoms with Crippen molar-refractivity contribution in [1.29, 1.82) is 0 Å². The number of rotatable bonds is 5. The molecule has 0 fully saturated rings. The second-order valence-electron chi connectivity index (χ2n) is 3.95. The summed E-state index contributed by atoms with van der Waals surface area (Å²) in [5.74, 6) is -1.20. The molecule has 0 bridgehead atoms. The molecule has 5 nitrogen and oxygen atoms in total. The lowest BCUT2D eigenvalue weighted by Gasteiger charge is -2.14. The first-order chi connectivity index (χ1) is 8.69. The molecule has 0 aliphatic carbocycles. The Morgan fingerprint density at radius 2 is 1.95 bits per heavy atom. The number of halogens is 2. The van der Waals surface area contributed by atoms with Gasteiger partial charge < -0.3 is 5.11 Å². The summed E-state index contributed by atoms with van der Waals surface area (Å²) in [6.07, 6.45) is 0.166. The van der Waals surface area contributed by atoms with Crippen LogP contribution in [-0.2, 0) is 14.8 Å². The first-order valence-corrected chi connectivity index (χ1v) is 8.46. The van der Waals surface area contributed by atoms with Crippen LogP contribution in [0.3, 0.4) is 0 Å². The molecule has 1 aromatic carbocycles. The Bertz CT molecular complexity index is 601. The van der Waals surface area contributed by atoms with Crippen LogP contribution >= 0.6 is 31.9 Å². The zero-order valence-electron chi connectivity index (χ0n) is 10.3. The third kappa shape index (κ3) is 4.01. The minimum absolute atomic E-state index is 0.00433. The maximum atomic E-state index is 12.2. The van der Waals surface area contributed by atoms with Gasteiger partial charge in [0, 0.05) is 8.95 Å². The highest BCUT2D eigenvalue weighted by molar-refractivity contribution is 9.11. The summed E-state index contributed by atoms with van der Waals surface area (Å²) in [5, 5.41) is 8.90. The van der Waals surface area contributed by atoms with Gasteiger partial charge in [-0.3, -0.25) is 4.79 Å². The maximum Gasteiger partial charge on any atom is 0.321 e. The molecule has 2 N–H and O–H groups in total. The number of aryl methyl sites for hydroxylation is 1. The highest BCUT2D eigenvalue weighted by Gasteiger charge is 2.26. The lowest BCUT2D eigenvalue weighted by atomic mass is 10.2. The number of hydrogen-bond acceptors (Lipinski definition) is 3. The predicted molar refractivity (Wildman–Crippen MR) is 78.6 cm³/mol. The van der Waals surface area contributed by atoms with Crippen molar-refractivity contribution in [3.05, 3.63) is 26.6 Å². The molecule has 19 heavy (non-hydrogen) atoms. The molecule has 8 heteroatoms. The molecule has 0 aliphatic rings. The molecule has 1 atom stereocenters. The van der Waals surface area contributed by atoms with E-state index in [1.54, 1.807) is 13.0 Å². The van der Waals surface area contributed by atoms with E-state index in [1.807, 2.05) is 6.92 Å². The molecule has 0 radical (unpaired) electrons. The van der Waals surface area contributed by atoms with E-state index in [0.717, 1.165) is 5.56 Å². The number of carboxylic acid groups (broad SMARTS) is 1. The third-order valence-corrected chi connectivity index (χ3v) is 5.79. The second kappa shape index (κ2) is 6.34. The summed E-state index contributed by atoms with van der Waals surface area (Å²) < 4.78 is 27.5. The van der Waals surface area contributed by atoms with Crippen LogP contribution in [0.1, 0.15) is 18.9 Å². The lowest BCUT2D eigenvalue weighted by Crippen LogP contribution is -2.40. The summed E-state index contributed by atoms with van der Waals surface area (Å²) in [6.45, 7) is 3.42. The Kier molecular flexibility index (Phi) is 5.54. The summed E-state index contributed by atoms with van der Waals surface area (Å²) in [4.78, 5) is 10.9. The van der Waals surface area contributed by atoms with Crippen molar-refractivity contribution >= 4 is 47.9 Å². The zero-order valence-corrected chi connectivity index (χ0v) is 14.3. The molecule has 0 saturated heterocycles. The summed E-state index contributed by atoms with van der Waals surface area (Å²) in [6, 6.07) is 1.95. The van der Waals surface area contributed by atoms with Crippen molar-refractivity contribution in [3.8, 4) is 0 Å². The standard InChI is InChI=1S/C11H13Br2NO4S/c1-3-9(11(15)16)14-19(17,18)10-5-7(12)6(2)4-8(10)13/h4-5,9,14H,3H2,1-2H3,(H,15,16)/t9-/m1/s1. The first-order valence-electron chi connectivity index (χ1n) is 5.39. The molecular weight excluding hydrogens is 402 g/mol. The molecule has 0 aliphatic heterocycles. The Balaban J connectivity index is 3.21. The average Bonchev–Trinajstić information content (AvgIpc) is 2.30. The minimum Gasteiger partial charge on any atom is -0.480 e. The molecular formula is C11H13Br2NO4S. The van der Waals surface area contributed by atoms with Crippen molar-refractivity contribution in [2.24, 2.45) is 0 Å². The normalized spacial score (nSPS) is 13.3. The van der Waals surface area contributed by atoms with Crippen LogP contribution < -0.4 is 4.72 Å². The van der Waals surface area contributed by atoms with Gasteiger partial charge in [-0.1, -0.05) is 22.9 Å². The second-order valence-corrected chi connectivity index (χ2v) is 7.34. The number of hydrogen-bond donors (Lipinski definition) is 2. The van der Waals surface area contributed by atoms with Gasteiger partial charge in [-0.15, -0.1) is 0 Å². The molecule has 0 heterocycles. The van der Waals surface area contributed by atoms with Crippen LogP contribution in [-0.4, -0.2) is 25.5 Å². The van der Waals surface area contributed by atoms with Crippen molar-refractivity contribution in [1.82, 2.24) is 4.72 Å². The van der Waals surface area contributed by atoms with Gasteiger partial charge in [-0.2, -0.15) is 4.72 Å². The van der Waals surface area contributed by atoms with Crippen LogP contribution in [0, 0.1) is 6.92 Å². The Hall–Kier alpha value is -0.440. The van der Waals surface area contributed by atoms with Gasteiger partial charge >= 0.3 is 5.97 Å². The maximum absolute atomic E-state index is 12.2. The van der Waals surface area contributed by atoms with Crippen LogP contribution in [0.15, 0.2) is 26.0 Å². The fourth-order valence-electron chi connectivity index (χ4n) is 1.39. The topological polar surface area (TPSA) is 83.5 Å². The molecule has 1 aromatic rings. The highest BCUT2D eigenvalue weighted by Crippen LogP contribution is 2.28. The van der Waals surface area contributed by atoms with Gasteiger partial charge in [0.15, 0.2) is 0 Å². The Morgan fingerprint density at radius 1 is 1.37 bits per heavy atom. The predicted octanol–water partition coefficient (Wildman–Crippen LogP) is 2.66. The number of aliphatic carboxylic acids is 1. The Labute approximate surface area is 128 Å². The molecule has 1 rings (SSSR count). The largest absolute Gasteiger partial charge is 0.480 e. The summed E-state index contributed by atoms with van der Waals surface area (Å²) in [7, 11) is -3.89. The first kappa shape index (κ1) is 16.6. The van der Waals surface area contributed by atoms with Gasteiger partial charge in [0.2, 0.25) is 10.0 Å². The number of nitrogens with one attached hydrogen (secondary N) is 1. The number of carboxylic acids is 1. The van der Waals surface area contributed by atoms with Crippen LogP contribution in [0.25, 0.3) is 0 Å². The van der Waals surface area contributed by atoms with E-state index < -0.39 is 22.0 Å². The third-order valence-electron chi connectivity index (χ3n) is 2.51. The quantitative estimate of drug-likeness (QED) is 0.775. The van der Waals surface area contributed by atoms with E-state index in [4.69, 9.17) is 5.11 Å². The minimum atomic E-state index is -3.89. The average molecular weight is 415 g/mol. The van der Waals surface area contributed by atoms with Crippen LogP contribution in [0.4, 0.5) is 0 Å². The number of sulfonamides is 1. The van der Waals surface area contributed by atoms with Crippen molar-refractivity contribution < 1.29 is 18.3 Å². The lowest BCUT2D eigenvalue weighted by molar-refractivity contribution is -0.139. The van der Waals surface area contributed by atoms with Gasteiger partial charge in [0.05, 0.1) is 4.90 Å². The molecule has 0 spiro atoms. The highest BCUT2D eigenvalue weighted by atomic mass is 79.9. The number of carbonyl (C=O) groups is 1. The van der Waals surface area contributed by atoms with Crippen LogP contribution in [0.2, 0.25) is 0 Å². The van der Waals surface area contributed by atoms with E-state index in [1.165, 1.54) is 6.07 Å². The monoisotopic (exact) mass is 413 g/mol. The molecule has 0 unspecified atom stereocenters. The van der Waals surface area contributed by atoms with E-state index in [2.05, 4.69) is 36.6 Å². The molecule has 106 valence electrons. The van der Waals surface area contributed by atoms with Gasteiger partial charge in [0.25, 0.3) is 0 Å². The van der Waals surface area contributed by atoms with Crippen molar-refractivity contribution in [3.63, 3.8) is 0 Å². The van der Waals surface area contributed by atoms with E-state index >= 15 is 0 Å². The van der Waals surface area contributed by atoms with Crippen molar-refractivity contribution in [2.75, 3.05) is 0 Å². The smallest absolute Gasteiger partial charge is 0.321 e. The fraction of sp³-hybridized carbons (Fsp3) is 0.364. The molecule has 0 amide bonds. The SMILES string of the molecule is CC[C@@H](NS(=O)(=O)c1cc(Br)c(C)cc1Br)C(=O)O. The van der Waals surface area contributed by atoms with Gasteiger partial charge in [0.1, 0.15) is 6.04 Å². The van der Waals surface area contributed by atoms with Gasteiger partial charge in [-0.25, -0.2) is 8.42 Å². The van der Waals surface area contributed by atoms with E-state index in [-0.39, 0.29) is 11.3 Å². The van der Waals surface area contributed by atoms with E-state index in [0.29, 0.717) is 8.95 Å². The zero-order chi connectivity index (χ0) is 14.8. The fourth-order valence-corrected chi connectivity index (χ4v) is 4.34. The molecule has 0 aromatic heterocycles.